The molecule has 696 valence electrons. The quantitative estimate of drug-likeness (QED) is 0.0185. The van der Waals surface area contributed by atoms with Crippen molar-refractivity contribution in [2.75, 3.05) is 75.8 Å². The summed E-state index contributed by atoms with van der Waals surface area (Å²) in [6.07, 6.45) is -18.0. The van der Waals surface area contributed by atoms with Crippen LogP contribution < -0.4 is 45.7 Å². The third kappa shape index (κ3) is 24.6. The highest BCUT2D eigenvalue weighted by atomic mass is 31.2. The van der Waals surface area contributed by atoms with Gasteiger partial charge in [-0.05, 0) is 105 Å². The molecule has 4 aromatic rings. The number of hydrogen-bond donors (Lipinski definition) is 4. The molecule has 20 atom stereocenters. The van der Waals surface area contributed by atoms with Crippen molar-refractivity contribution in [1.29, 1.82) is 0 Å². The highest BCUT2D eigenvalue weighted by Gasteiger charge is 2.69. The molecule has 0 aromatic carbocycles. The van der Waals surface area contributed by atoms with Crippen LogP contribution in [-0.4, -0.2) is 212 Å². The van der Waals surface area contributed by atoms with Crippen molar-refractivity contribution in [1.82, 2.24) is 38.2 Å². The Bertz CT molecular complexity index is 4300. The molecule has 12 rings (SSSR count). The van der Waals surface area contributed by atoms with Gasteiger partial charge in [0.05, 0.1) is 101 Å². The van der Waals surface area contributed by atoms with E-state index in [9.17, 15) is 91.7 Å². The van der Waals surface area contributed by atoms with Crippen LogP contribution in [0.25, 0.3) is 0 Å². The van der Waals surface area contributed by atoms with Gasteiger partial charge in [0.15, 0.2) is 24.4 Å². The number of hydrogen-bond acceptors (Lipinski definition) is 40. The molecular weight excluding hydrogens is 1770 g/mol. The smallest absolute Gasteiger partial charge is 0.463 e. The number of halogens is 8. The third-order valence-electron chi connectivity index (χ3n) is 18.6. The van der Waals surface area contributed by atoms with Crippen LogP contribution in [0.3, 0.4) is 0 Å². The maximum atomic E-state index is 15.0. The summed E-state index contributed by atoms with van der Waals surface area (Å²) in [5.74, 6) is -19.7. The minimum atomic E-state index is -4.35. The Hall–Kier alpha value is -7.68. The minimum Gasteiger partial charge on any atom is -0.463 e. The zero-order valence-electron chi connectivity index (χ0n) is 68.4. The Balaban J connectivity index is 0.000000187. The zero-order chi connectivity index (χ0) is 91.9. The molecule has 124 heavy (non-hydrogen) atoms. The summed E-state index contributed by atoms with van der Waals surface area (Å²) in [5.41, 5.74) is 17.4. The summed E-state index contributed by atoms with van der Waals surface area (Å²) >= 11 is 0. The molecule has 8 aliphatic rings. The first kappa shape index (κ1) is 100. The van der Waals surface area contributed by atoms with Crippen molar-refractivity contribution < 1.29 is 165 Å². The largest absolute Gasteiger partial charge is 0.475 e. The summed E-state index contributed by atoms with van der Waals surface area (Å²) in [6, 6.07) is 4.67. The maximum absolute atomic E-state index is 15.0. The van der Waals surface area contributed by atoms with E-state index in [1.165, 1.54) is 24.3 Å². The van der Waals surface area contributed by atoms with Gasteiger partial charge < -0.3 is 60.8 Å². The summed E-state index contributed by atoms with van der Waals surface area (Å²) in [6.45, 7) is 16.9. The number of carbonyl (C=O) groups excluding carboxylic acids is 4. The van der Waals surface area contributed by atoms with E-state index in [1.54, 1.807) is 83.1 Å². The van der Waals surface area contributed by atoms with Crippen molar-refractivity contribution in [3.63, 3.8) is 0 Å². The van der Waals surface area contributed by atoms with E-state index in [4.69, 9.17) is 115 Å². The van der Waals surface area contributed by atoms with E-state index >= 15 is 0 Å². The lowest BCUT2D eigenvalue weighted by atomic mass is 10.1. The van der Waals surface area contributed by atoms with E-state index in [0.717, 1.165) is 24.8 Å². The number of anilines is 4. The molecule has 0 amide bonds. The molecule has 8 aliphatic heterocycles. The van der Waals surface area contributed by atoms with Crippen molar-refractivity contribution in [2.45, 2.75) is 231 Å². The summed E-state index contributed by atoms with van der Waals surface area (Å²) in [4.78, 5) is 109. The van der Waals surface area contributed by atoms with Crippen LogP contribution in [0.2, 0.25) is 0 Å². The molecule has 0 spiro atoms. The fourth-order valence-corrected chi connectivity index (χ4v) is 17.8. The standard InChI is InChI=1S/4C17H24F2N3O8P/c4*1-9(2)28-14(23)10(3)5-7-26-31(25)27-8-11-13(30-31)17(18,19)15(29-11)22-6-4-12(20)21-16(22)24/h4*4,6,9-11,13,15H,5,7-8H2,1-3H3,(H2,20,21,24)/t10-,11+,13+,15+,31+;10-,11+,13+,15+,31-;10-,11-,13-,15-,31+;10-,11-,13-,15-,31-/m0011/s1. The van der Waals surface area contributed by atoms with Crippen molar-refractivity contribution >= 4 is 78.4 Å². The second kappa shape index (κ2) is 40.7. The topological polar surface area (TPSA) is 565 Å². The molecule has 0 bridgehead atoms. The Labute approximate surface area is 700 Å². The first-order chi connectivity index (χ1) is 57.7. The fraction of sp³-hybridized carbons (Fsp3) is 0.706. The Morgan fingerprint density at radius 2 is 0.540 bits per heavy atom. The molecule has 44 nitrogen and oxygen atoms in total. The average Bonchev–Trinajstić information content (AvgIpc) is 1.61. The van der Waals surface area contributed by atoms with Gasteiger partial charge in [-0.15, -0.1) is 0 Å². The summed E-state index contributed by atoms with van der Waals surface area (Å²) in [5, 5.41) is 0. The van der Waals surface area contributed by atoms with E-state index in [2.05, 4.69) is 19.9 Å². The van der Waals surface area contributed by atoms with E-state index < -0.39 is 225 Å². The van der Waals surface area contributed by atoms with Gasteiger partial charge >= 0.3 is 102 Å². The molecule has 4 aromatic heterocycles. The first-order valence-corrected chi connectivity index (χ1v) is 44.2. The third-order valence-corrected chi connectivity index (χ3v) is 24.4. The second-order valence-corrected chi connectivity index (χ2v) is 36.6. The van der Waals surface area contributed by atoms with Gasteiger partial charge in [0, 0.05) is 24.8 Å². The van der Waals surface area contributed by atoms with Crippen LogP contribution in [0.1, 0.15) is 134 Å². The number of fused-ring (bicyclic) bond motifs is 4. The number of rotatable bonds is 28. The highest BCUT2D eigenvalue weighted by molar-refractivity contribution is 7.49. The van der Waals surface area contributed by atoms with Crippen LogP contribution in [0.5, 0.6) is 0 Å². The number of nitrogens with zero attached hydrogens (tertiary/aromatic N) is 8. The molecule has 8 N–H and O–H groups in total. The molecular formula is C68H96F8N12O32P4. The molecule has 0 unspecified atom stereocenters. The van der Waals surface area contributed by atoms with Crippen LogP contribution in [-0.2, 0) is 130 Å². The Morgan fingerprint density at radius 3 is 0.702 bits per heavy atom. The minimum absolute atomic E-state index is 0.110. The molecule has 0 radical (unpaired) electrons. The number of aromatic nitrogens is 8. The molecule has 0 aliphatic carbocycles. The van der Waals surface area contributed by atoms with E-state index in [1.807, 2.05) is 0 Å². The van der Waals surface area contributed by atoms with Gasteiger partial charge in [-0.25, -0.2) is 37.4 Å². The van der Waals surface area contributed by atoms with Crippen molar-refractivity contribution in [3.8, 4) is 0 Å². The first-order valence-electron chi connectivity index (χ1n) is 38.3. The van der Waals surface area contributed by atoms with Gasteiger partial charge in [-0.3, -0.25) is 91.7 Å². The number of phosphoric ester groups is 4. The van der Waals surface area contributed by atoms with Crippen molar-refractivity contribution in [3.05, 3.63) is 91.0 Å². The van der Waals surface area contributed by atoms with Gasteiger partial charge in [-0.2, -0.15) is 55.1 Å². The van der Waals surface area contributed by atoms with Gasteiger partial charge in [0.25, 0.3) is 0 Å². The number of phosphoric acid groups is 4. The maximum Gasteiger partial charge on any atom is 0.475 e. The predicted molar refractivity (Wildman–Crippen MR) is 405 cm³/mol. The molecule has 56 heteroatoms. The zero-order valence-corrected chi connectivity index (χ0v) is 72.0. The Morgan fingerprint density at radius 1 is 0.363 bits per heavy atom. The molecule has 8 fully saturated rings. The molecule has 0 saturated carbocycles. The number of carbonyl (C=O) groups is 4. The average molecular weight is 1870 g/mol. The van der Waals surface area contributed by atoms with Crippen LogP contribution in [0.4, 0.5) is 58.4 Å². The SMILES string of the molecule is CC(C)OC(=O)[C@@H](C)CCO[P@@]1(=O)OC[C@H]2O[C@@H](n3ccc(N)nc3=O)C(F)(F)[C@@H]2O1.CC(C)OC(=O)[C@@H](C)CCO[P@]1(=O)OC[C@H]2O[C@@H](n3ccc(N)nc3=O)C(F)(F)[C@@H]2O1.CC(C)OC(=O)[C@H](C)CCO[P@@]1(=O)OC[C@H]2O[C@@H](n3ccc(N)nc3=O)C(F)(F)[C@@H]2O1.CC(C)OC(=O)[C@H](C)CCO[P@]1(=O)OC[C@H]2O[C@@H](n3ccc(N)nc3=O)C(F)(F)[C@@H]2O1. The number of nitrogen functional groups attached to an aromatic ring is 4. The van der Waals surface area contributed by atoms with Gasteiger partial charge in [-0.1, -0.05) is 27.7 Å². The van der Waals surface area contributed by atoms with Crippen molar-refractivity contribution in [2.24, 2.45) is 23.7 Å². The molecule has 12 heterocycles. The van der Waals surface area contributed by atoms with Crippen LogP contribution >= 0.6 is 31.3 Å². The normalized spacial score (nSPS) is 30.7. The number of alkyl halides is 8. The lowest BCUT2D eigenvalue weighted by Gasteiger charge is -2.31. The second-order valence-electron chi connectivity index (χ2n) is 30.1. The van der Waals surface area contributed by atoms with E-state index in [0.29, 0.717) is 18.3 Å². The number of esters is 4. The lowest BCUT2D eigenvalue weighted by Crippen LogP contribution is -2.45. The Kier molecular flexibility index (Phi) is 32.9. The van der Waals surface area contributed by atoms with Crippen LogP contribution in [0.15, 0.2) is 68.2 Å². The summed E-state index contributed by atoms with van der Waals surface area (Å²) < 4.78 is 274. The summed E-state index contributed by atoms with van der Waals surface area (Å²) in [7, 11) is -17.4. The number of nitrogens with two attached hydrogens (primary N) is 4. The fourth-order valence-electron chi connectivity index (χ4n) is 12.2. The monoisotopic (exact) mass is 1870 g/mol. The lowest BCUT2D eigenvalue weighted by molar-refractivity contribution is -0.153. The predicted octanol–water partition coefficient (Wildman–Crippen LogP) is 7.50. The number of ether oxygens (including phenoxy) is 8. The van der Waals surface area contributed by atoms with E-state index in [-0.39, 0.29) is 99.8 Å². The van der Waals surface area contributed by atoms with Gasteiger partial charge in [0.1, 0.15) is 47.7 Å². The van der Waals surface area contributed by atoms with Crippen LogP contribution in [0, 0.1) is 23.7 Å². The highest BCUT2D eigenvalue weighted by Crippen LogP contribution is 2.64. The van der Waals surface area contributed by atoms with Gasteiger partial charge in [0.2, 0.25) is 24.9 Å². The molecule has 8 saturated heterocycles.